The molecule has 0 radical (unpaired) electrons. The van der Waals surface area contributed by atoms with Gasteiger partial charge in [-0.1, -0.05) is 0 Å². The van der Waals surface area contributed by atoms with Gasteiger partial charge in [0.25, 0.3) is 0 Å². The predicted molar refractivity (Wildman–Crippen MR) is 27.2 cm³/mol. The molecule has 0 aliphatic rings. The molecule has 0 aromatic heterocycles. The maximum absolute atomic E-state index is 10.0. The topological polar surface area (TPSA) is 167 Å². The van der Waals surface area contributed by atoms with Crippen molar-refractivity contribution in [3.63, 3.8) is 0 Å². The van der Waals surface area contributed by atoms with Crippen LogP contribution in [0.4, 0.5) is 0 Å². The number of aliphatic hydroxyl groups is 2. The quantitative estimate of drug-likeness (QED) is 0.382. The van der Waals surface area contributed by atoms with Gasteiger partial charge in [-0.05, 0) is 15.2 Å². The second-order valence-electron chi connectivity index (χ2n) is 1.93. The van der Waals surface area contributed by atoms with Crippen LogP contribution in [0.25, 0.3) is 0 Å². The van der Waals surface area contributed by atoms with Crippen LogP contribution in [0.15, 0.2) is 0 Å². The van der Waals surface area contributed by atoms with Crippen molar-refractivity contribution in [3.05, 3.63) is 0 Å². The van der Waals surface area contributed by atoms with Crippen LogP contribution in [0, 0.1) is 0 Å². The minimum atomic E-state index is -6.09. The van der Waals surface area contributed by atoms with E-state index in [1.165, 1.54) is 0 Å². The number of hydrogen-bond donors (Lipinski definition) is 2. The van der Waals surface area contributed by atoms with E-state index in [4.69, 9.17) is 10.2 Å². The first-order valence-electron chi connectivity index (χ1n) is 2.44. The summed E-state index contributed by atoms with van der Waals surface area (Å²) in [6.07, 6.45) is 0. The Bertz CT molecular complexity index is 237. The first-order valence-corrected chi connectivity index (χ1v) is 5.52. The third kappa shape index (κ3) is 8.49. The van der Waals surface area contributed by atoms with E-state index in [1.807, 2.05) is 0 Å². The molecule has 14 heteroatoms. The summed E-state index contributed by atoms with van der Waals surface area (Å²) in [5.74, 6) is 0. The number of hydrogen-bond acceptors (Lipinski definition) is 8. The van der Waals surface area contributed by atoms with Crippen LogP contribution in [-0.2, 0) is 9.13 Å². The van der Waals surface area contributed by atoms with Crippen LogP contribution in [0.2, 0.25) is 0 Å². The van der Waals surface area contributed by atoms with E-state index < -0.39 is 26.9 Å². The third-order valence-electron chi connectivity index (χ3n) is 1.09. The van der Waals surface area contributed by atoms with Gasteiger partial charge in [0, 0.05) is 0 Å². The van der Waals surface area contributed by atoms with Gasteiger partial charge in [-0.2, -0.15) is 0 Å². The molecule has 16 heavy (non-hydrogen) atoms. The molecule has 0 aliphatic carbocycles. The molecule has 0 unspecified atom stereocenters. The molecule has 8 nitrogen and oxygen atoms in total. The Morgan fingerprint density at radius 1 is 0.875 bits per heavy atom. The van der Waals surface area contributed by atoms with Gasteiger partial charge in [0.2, 0.25) is 0 Å². The SMILES string of the molecule is O=P([O-])([O-])C(O)(CO)P(=O)([O-])[O-].[Na+].[Na+].[Na+].[Na+]. The Labute approximate surface area is 180 Å². The summed E-state index contributed by atoms with van der Waals surface area (Å²) in [6, 6.07) is 0. The molecule has 0 amide bonds. The fourth-order valence-electron chi connectivity index (χ4n) is 0.323. The van der Waals surface area contributed by atoms with Crippen molar-refractivity contribution in [2.24, 2.45) is 0 Å². The Kier molecular flexibility index (Phi) is 23.8. The normalized spacial score (nSPS) is 11.1. The monoisotopic (exact) mass is 310 g/mol. The van der Waals surface area contributed by atoms with Gasteiger partial charge in [-0.15, -0.1) is 0 Å². The third-order valence-corrected chi connectivity index (χ3v) is 4.60. The standard InChI is InChI=1S/C2H8O8P2.4Na/c3-1-2(4,11(5,6)7)12(8,9)10;;;;/h3-4H,1H2,(H2,5,6,7)(H2,8,9,10);;;;/q;4*+1/p-4. The largest absolute Gasteiger partial charge is 1.00 e. The summed E-state index contributed by atoms with van der Waals surface area (Å²) in [5.41, 5.74) is 0. The van der Waals surface area contributed by atoms with E-state index in [-0.39, 0.29) is 118 Å². The van der Waals surface area contributed by atoms with Crippen molar-refractivity contribution in [1.82, 2.24) is 0 Å². The molecule has 2 N–H and O–H groups in total. The molecule has 0 atom stereocenters. The average molecular weight is 310 g/mol. The van der Waals surface area contributed by atoms with E-state index in [2.05, 4.69) is 0 Å². The smallest absolute Gasteiger partial charge is 0.808 e. The summed E-state index contributed by atoms with van der Waals surface area (Å²) in [5, 5.41) is 12.4. The first-order chi connectivity index (χ1) is 5.06. The fourth-order valence-corrected chi connectivity index (χ4v) is 1.87. The first kappa shape index (κ1) is 32.2. The van der Waals surface area contributed by atoms with Gasteiger partial charge in [-0.3, -0.25) is 0 Å². The summed E-state index contributed by atoms with van der Waals surface area (Å²) in [7, 11) is -12.2. The number of aliphatic hydroxyl groups excluding tert-OH is 1. The summed E-state index contributed by atoms with van der Waals surface area (Å²) < 4.78 is 20.0. The Balaban J connectivity index is -0.000000101. The van der Waals surface area contributed by atoms with Gasteiger partial charge in [0.1, 0.15) is 5.08 Å². The summed E-state index contributed by atoms with van der Waals surface area (Å²) >= 11 is 0. The maximum Gasteiger partial charge on any atom is 1.00 e. The predicted octanol–water partition coefficient (Wildman–Crippen LogP) is -16.5. The van der Waals surface area contributed by atoms with Crippen LogP contribution >= 0.6 is 15.2 Å². The van der Waals surface area contributed by atoms with Crippen LogP contribution in [0.1, 0.15) is 0 Å². The summed E-state index contributed by atoms with van der Waals surface area (Å²) in [6.45, 7) is -1.97. The van der Waals surface area contributed by atoms with Gasteiger partial charge in [0.05, 0.1) is 6.61 Å². The van der Waals surface area contributed by atoms with Crippen LogP contribution in [0.3, 0.4) is 0 Å². The molecule has 0 saturated heterocycles. The molecular formula is C2H4Na4O8P2. The van der Waals surface area contributed by atoms with E-state index in [9.17, 15) is 28.7 Å². The van der Waals surface area contributed by atoms with Crippen molar-refractivity contribution >= 4 is 15.2 Å². The zero-order valence-electron chi connectivity index (χ0n) is 9.45. The molecule has 0 fully saturated rings. The van der Waals surface area contributed by atoms with Gasteiger partial charge >= 0.3 is 118 Å². The Morgan fingerprint density at radius 3 is 1.06 bits per heavy atom. The molecule has 0 spiro atoms. The molecule has 0 aromatic rings. The maximum atomic E-state index is 10.0. The fraction of sp³-hybridized carbons (Fsp3) is 1.00. The average Bonchev–Trinajstić information content (AvgIpc) is 1.81. The zero-order chi connectivity index (χ0) is 10.2. The van der Waals surface area contributed by atoms with Crippen molar-refractivity contribution in [1.29, 1.82) is 0 Å². The van der Waals surface area contributed by atoms with Gasteiger partial charge in [0.15, 0.2) is 0 Å². The van der Waals surface area contributed by atoms with E-state index in [0.29, 0.717) is 0 Å². The van der Waals surface area contributed by atoms with Crippen molar-refractivity contribution in [2.75, 3.05) is 6.61 Å². The van der Waals surface area contributed by atoms with Gasteiger partial charge < -0.3 is 38.9 Å². The zero-order valence-corrected chi connectivity index (χ0v) is 19.2. The van der Waals surface area contributed by atoms with Crippen LogP contribution in [0.5, 0.6) is 0 Å². The Morgan fingerprint density at radius 2 is 1.06 bits per heavy atom. The Hall–Kier alpha value is 4.22. The minimum Gasteiger partial charge on any atom is -0.808 e. The molecule has 0 bridgehead atoms. The molecule has 0 saturated carbocycles. The van der Waals surface area contributed by atoms with Crippen LogP contribution in [-0.4, -0.2) is 21.9 Å². The van der Waals surface area contributed by atoms with E-state index >= 15 is 0 Å². The molecule has 0 rings (SSSR count). The second kappa shape index (κ2) is 11.8. The minimum absolute atomic E-state index is 0. The molecule has 0 aromatic carbocycles. The second-order valence-corrected chi connectivity index (χ2v) is 5.75. The summed E-state index contributed by atoms with van der Waals surface area (Å²) in [4.78, 5) is 40.1. The van der Waals surface area contributed by atoms with Crippen molar-refractivity contribution in [3.8, 4) is 0 Å². The van der Waals surface area contributed by atoms with E-state index in [0.717, 1.165) is 0 Å². The van der Waals surface area contributed by atoms with Crippen molar-refractivity contribution < 1.29 is 157 Å². The molecule has 0 aliphatic heterocycles. The molecule has 0 heterocycles. The molecule has 74 valence electrons. The van der Waals surface area contributed by atoms with Gasteiger partial charge in [-0.25, -0.2) is 0 Å². The van der Waals surface area contributed by atoms with Crippen LogP contribution < -0.4 is 138 Å². The number of rotatable bonds is 3. The van der Waals surface area contributed by atoms with E-state index in [1.54, 1.807) is 0 Å². The van der Waals surface area contributed by atoms with Crippen molar-refractivity contribution in [2.45, 2.75) is 5.08 Å². The molecular weight excluding hydrogens is 306 g/mol.